The molecule has 8 atom stereocenters. The summed E-state index contributed by atoms with van der Waals surface area (Å²) in [6.45, 7) is -0.548. The monoisotopic (exact) mass is 1040 g/mol. The van der Waals surface area contributed by atoms with Gasteiger partial charge in [0, 0.05) is 32.2 Å². The largest absolute Gasteiger partial charge is 0.481 e. The van der Waals surface area contributed by atoms with Crippen LogP contribution in [0.1, 0.15) is 70.3 Å². The van der Waals surface area contributed by atoms with Crippen molar-refractivity contribution in [3.05, 3.63) is 35.9 Å². The van der Waals surface area contributed by atoms with Gasteiger partial charge in [0.05, 0.1) is 31.7 Å². The Labute approximate surface area is 416 Å². The lowest BCUT2D eigenvalue weighted by atomic mass is 10.0. The molecule has 1 aromatic carbocycles. The Morgan fingerprint density at radius 2 is 1.03 bits per heavy atom. The zero-order valence-corrected chi connectivity index (χ0v) is 39.8. The molecule has 31 nitrogen and oxygen atoms in total. The molecule has 0 bridgehead atoms. The summed E-state index contributed by atoms with van der Waals surface area (Å²) in [6.07, 6.45) is -5.47. The van der Waals surface area contributed by atoms with E-state index in [0.29, 0.717) is 5.56 Å². The minimum Gasteiger partial charge on any atom is -0.481 e. The topological polar surface area (TPSA) is 547 Å². The third-order valence-electron chi connectivity index (χ3n) is 10.1. The maximum atomic E-state index is 13.6. The standard InChI is InChI=1S/C42H65N15O16/c1-20(58)34(57-38(69)24(10-13-29(45)60)53-35(66)22(43)8-5-15-49-42(47)48)40(71)51-18-31(62)50-19-32(63)52-26(17-30(46)61)39(70)55-25(11-14-33(64)65)36(67)54-23(9-12-28(44)59)37(68)56-27(41(72)73)16-21-6-3-2-4-7-21/h2-4,6-7,20,22-27,34,58H,5,8-19,43H2,1H3,(H2,44,59)(H2,45,60)(H2,46,61)(H,50,62)(H,51,71)(H,52,63)(H,53,66)(H,54,67)(H,55,70)(H,56,68)(H,57,69)(H,64,65)(H,72,73)(H4,47,48,49)/t20-,22+,23+,24+,25+,26+,27+,34+/m1/s1. The number of carboxylic acid groups (broad SMARTS) is 2. The molecule has 23 N–H and O–H groups in total. The lowest BCUT2D eigenvalue weighted by molar-refractivity contribution is -0.142. The van der Waals surface area contributed by atoms with Crippen LogP contribution in [0, 0.1) is 0 Å². The van der Waals surface area contributed by atoms with Gasteiger partial charge in [0.25, 0.3) is 0 Å². The summed E-state index contributed by atoms with van der Waals surface area (Å²) in [5.41, 5.74) is 32.7. The van der Waals surface area contributed by atoms with Gasteiger partial charge in [-0.2, -0.15) is 0 Å². The van der Waals surface area contributed by atoms with Crippen LogP contribution >= 0.6 is 0 Å². The van der Waals surface area contributed by atoms with Gasteiger partial charge in [0.1, 0.15) is 36.3 Å². The normalized spacial score (nSPS) is 14.0. The Bertz CT molecular complexity index is 2170. The molecule has 0 aliphatic heterocycles. The van der Waals surface area contributed by atoms with E-state index in [-0.39, 0.29) is 38.2 Å². The number of carboxylic acids is 2. The first-order chi connectivity index (χ1) is 34.2. The van der Waals surface area contributed by atoms with Crippen LogP contribution in [0.2, 0.25) is 0 Å². The first kappa shape index (κ1) is 62.5. The molecule has 0 saturated heterocycles. The number of nitrogens with two attached hydrogens (primary N) is 6. The molecule has 0 heterocycles. The number of rotatable bonds is 35. The molecule has 0 radical (unpaired) electrons. The fourth-order valence-electron chi connectivity index (χ4n) is 6.28. The quantitative estimate of drug-likeness (QED) is 0.0171. The number of carbonyl (C=O) groups excluding carboxylic acids is 11. The third kappa shape index (κ3) is 26.3. The second-order valence-corrected chi connectivity index (χ2v) is 16.3. The number of amides is 11. The number of hydrogen-bond donors (Lipinski definition) is 17. The summed E-state index contributed by atoms with van der Waals surface area (Å²) in [4.78, 5) is 167. The van der Waals surface area contributed by atoms with Gasteiger partial charge >= 0.3 is 11.9 Å². The Hall–Kier alpha value is -8.48. The van der Waals surface area contributed by atoms with Crippen LogP contribution in [0.15, 0.2) is 35.3 Å². The summed E-state index contributed by atoms with van der Waals surface area (Å²) < 4.78 is 0. The lowest BCUT2D eigenvalue weighted by Gasteiger charge is -2.26. The van der Waals surface area contributed by atoms with Gasteiger partial charge in [-0.15, -0.1) is 0 Å². The molecular formula is C42H65N15O16. The summed E-state index contributed by atoms with van der Waals surface area (Å²) in [5.74, 6) is -14.8. The number of aliphatic carboxylic acids is 2. The highest BCUT2D eigenvalue weighted by Crippen LogP contribution is 2.09. The number of carbonyl (C=O) groups is 13. The first-order valence-electron chi connectivity index (χ1n) is 22.4. The van der Waals surface area contributed by atoms with E-state index in [1.165, 1.54) is 0 Å². The average molecular weight is 1040 g/mol. The number of benzene rings is 1. The molecule has 404 valence electrons. The highest BCUT2D eigenvalue weighted by Gasteiger charge is 2.34. The molecule has 0 aromatic heterocycles. The number of primary amides is 3. The molecule has 0 aliphatic carbocycles. The van der Waals surface area contributed by atoms with Gasteiger partial charge in [-0.1, -0.05) is 30.3 Å². The SMILES string of the molecule is C[C@@H](O)[C@H](NC(=O)[C@H](CCC(N)=O)NC(=O)[C@@H](N)CCCN=C(N)N)C(=O)NCC(=O)NCC(=O)N[C@@H](CC(N)=O)C(=O)N[C@@H](CCC(=O)O)C(=O)N[C@@H](CCC(N)=O)C(=O)N[C@@H](Cc1ccccc1)C(=O)O. The summed E-state index contributed by atoms with van der Waals surface area (Å²) in [7, 11) is 0. The van der Waals surface area contributed by atoms with Crippen LogP contribution in [-0.4, -0.2) is 166 Å². The van der Waals surface area contributed by atoms with Crippen LogP contribution in [0.4, 0.5) is 0 Å². The molecule has 0 saturated carbocycles. The zero-order chi connectivity index (χ0) is 55.4. The fourth-order valence-corrected chi connectivity index (χ4v) is 6.28. The predicted octanol–water partition coefficient (Wildman–Crippen LogP) is -8.51. The highest BCUT2D eigenvalue weighted by molar-refractivity contribution is 5.98. The third-order valence-corrected chi connectivity index (χ3v) is 10.1. The van der Waals surface area contributed by atoms with Crippen LogP contribution in [-0.2, 0) is 68.7 Å². The summed E-state index contributed by atoms with van der Waals surface area (Å²) in [5, 5.41) is 47.0. The lowest BCUT2D eigenvalue weighted by Crippen LogP contribution is -2.59. The van der Waals surface area contributed by atoms with Gasteiger partial charge in [-0.05, 0) is 44.6 Å². The van der Waals surface area contributed by atoms with E-state index in [1.54, 1.807) is 30.3 Å². The molecule has 0 unspecified atom stereocenters. The second kappa shape index (κ2) is 32.4. The van der Waals surface area contributed by atoms with Crippen molar-refractivity contribution in [1.29, 1.82) is 0 Å². The average Bonchev–Trinajstić information content (AvgIpc) is 3.30. The molecule has 73 heavy (non-hydrogen) atoms. The molecule has 31 heteroatoms. The predicted molar refractivity (Wildman–Crippen MR) is 252 cm³/mol. The van der Waals surface area contributed by atoms with E-state index in [0.717, 1.165) is 6.92 Å². The number of nitrogens with zero attached hydrogens (tertiary/aromatic N) is 1. The van der Waals surface area contributed by atoms with E-state index < -0.39 is 177 Å². The second-order valence-electron chi connectivity index (χ2n) is 16.3. The van der Waals surface area contributed by atoms with Gasteiger partial charge < -0.3 is 92.3 Å². The number of hydrogen-bond acceptors (Lipinski definition) is 16. The van der Waals surface area contributed by atoms with Crippen LogP contribution in [0.3, 0.4) is 0 Å². The van der Waals surface area contributed by atoms with Crippen molar-refractivity contribution in [3.8, 4) is 0 Å². The summed E-state index contributed by atoms with van der Waals surface area (Å²) in [6, 6.07) is -3.12. The number of aliphatic hydroxyl groups excluding tert-OH is 1. The first-order valence-corrected chi connectivity index (χ1v) is 22.4. The Morgan fingerprint density at radius 1 is 0.548 bits per heavy atom. The minimum absolute atomic E-state index is 0.0828. The van der Waals surface area contributed by atoms with Crippen molar-refractivity contribution in [3.63, 3.8) is 0 Å². The van der Waals surface area contributed by atoms with Crippen LogP contribution in [0.25, 0.3) is 0 Å². The van der Waals surface area contributed by atoms with E-state index in [4.69, 9.17) is 34.4 Å². The minimum atomic E-state index is -1.87. The van der Waals surface area contributed by atoms with E-state index in [2.05, 4.69) is 47.5 Å². The zero-order valence-electron chi connectivity index (χ0n) is 39.8. The van der Waals surface area contributed by atoms with Crippen molar-refractivity contribution in [2.75, 3.05) is 19.6 Å². The number of aliphatic imine (C=N–C) groups is 1. The molecule has 0 spiro atoms. The van der Waals surface area contributed by atoms with Gasteiger partial charge in [-0.3, -0.25) is 62.5 Å². The maximum absolute atomic E-state index is 13.6. The highest BCUT2D eigenvalue weighted by atomic mass is 16.4. The van der Waals surface area contributed by atoms with E-state index in [9.17, 15) is 77.6 Å². The van der Waals surface area contributed by atoms with Crippen molar-refractivity contribution in [2.24, 2.45) is 39.4 Å². The van der Waals surface area contributed by atoms with Crippen molar-refractivity contribution >= 4 is 82.9 Å². The van der Waals surface area contributed by atoms with Gasteiger partial charge in [0.2, 0.25) is 65.0 Å². The Morgan fingerprint density at radius 3 is 1.51 bits per heavy atom. The summed E-state index contributed by atoms with van der Waals surface area (Å²) >= 11 is 0. The molecule has 0 fully saturated rings. The molecule has 11 amide bonds. The number of aliphatic hydroxyl groups is 1. The molecule has 1 rings (SSSR count). The van der Waals surface area contributed by atoms with Crippen molar-refractivity contribution < 1.29 is 77.6 Å². The van der Waals surface area contributed by atoms with Crippen molar-refractivity contribution in [2.45, 2.75) is 120 Å². The smallest absolute Gasteiger partial charge is 0.326 e. The van der Waals surface area contributed by atoms with E-state index in [1.807, 2.05) is 0 Å². The van der Waals surface area contributed by atoms with Gasteiger partial charge in [-0.25, -0.2) is 4.79 Å². The Balaban J connectivity index is 3.06. The maximum Gasteiger partial charge on any atom is 0.326 e. The van der Waals surface area contributed by atoms with E-state index >= 15 is 0 Å². The van der Waals surface area contributed by atoms with Crippen LogP contribution in [0.5, 0.6) is 0 Å². The van der Waals surface area contributed by atoms with Crippen molar-refractivity contribution in [1.82, 2.24) is 42.5 Å². The number of guanidine groups is 1. The molecule has 0 aliphatic rings. The fraction of sp³-hybridized carbons (Fsp3) is 0.524. The molecule has 1 aromatic rings. The molecular weight excluding hydrogens is 971 g/mol. The van der Waals surface area contributed by atoms with Crippen LogP contribution < -0.4 is 76.9 Å². The number of nitrogens with one attached hydrogen (secondary N) is 8. The Kier molecular flexibility index (Phi) is 27.8. The van der Waals surface area contributed by atoms with Gasteiger partial charge in [0.15, 0.2) is 5.96 Å².